The number of carbonyl (C=O) groups is 1. The summed E-state index contributed by atoms with van der Waals surface area (Å²) in [4.78, 5) is 20.6. The first kappa shape index (κ1) is 15.9. The van der Waals surface area contributed by atoms with Crippen LogP contribution in [0.25, 0.3) is 10.6 Å². The lowest BCUT2D eigenvalue weighted by Crippen LogP contribution is -2.25. The molecule has 4 nitrogen and oxygen atoms in total. The zero-order valence-corrected chi connectivity index (χ0v) is 14.9. The van der Waals surface area contributed by atoms with E-state index < -0.39 is 0 Å². The van der Waals surface area contributed by atoms with Crippen LogP contribution in [-0.4, -0.2) is 28.4 Å². The third-order valence-corrected chi connectivity index (χ3v) is 6.06. The molecule has 1 amide bonds. The summed E-state index contributed by atoms with van der Waals surface area (Å²) in [7, 11) is 0. The molecule has 0 saturated carbocycles. The molecule has 3 rings (SSSR count). The SMILES string of the molecule is CC(=O)Nc1nc(-c2cc(Cl)cs2)c(CN2CCCC2C)s1. The van der Waals surface area contributed by atoms with Gasteiger partial charge in [0.15, 0.2) is 5.13 Å². The van der Waals surface area contributed by atoms with Gasteiger partial charge >= 0.3 is 0 Å². The lowest BCUT2D eigenvalue weighted by Gasteiger charge is -2.20. The van der Waals surface area contributed by atoms with Crippen LogP contribution in [0.15, 0.2) is 11.4 Å². The summed E-state index contributed by atoms with van der Waals surface area (Å²) in [5, 5.41) is 6.11. The highest BCUT2D eigenvalue weighted by Gasteiger charge is 2.24. The largest absolute Gasteiger partial charge is 0.302 e. The van der Waals surface area contributed by atoms with Crippen molar-refractivity contribution in [2.75, 3.05) is 11.9 Å². The maximum absolute atomic E-state index is 11.3. The Morgan fingerprint density at radius 2 is 2.41 bits per heavy atom. The lowest BCUT2D eigenvalue weighted by atomic mass is 10.2. The minimum atomic E-state index is -0.0920. The summed E-state index contributed by atoms with van der Waals surface area (Å²) < 4.78 is 0. The molecule has 2 aromatic rings. The van der Waals surface area contributed by atoms with E-state index in [4.69, 9.17) is 11.6 Å². The number of anilines is 1. The molecule has 1 aliphatic heterocycles. The zero-order valence-electron chi connectivity index (χ0n) is 12.6. The Hall–Kier alpha value is -0.950. The average Bonchev–Trinajstić information content (AvgIpc) is 3.12. The van der Waals surface area contributed by atoms with Crippen LogP contribution in [0, 0.1) is 0 Å². The summed E-state index contributed by atoms with van der Waals surface area (Å²) in [6, 6.07) is 2.54. The normalized spacial score (nSPS) is 18.8. The predicted molar refractivity (Wildman–Crippen MR) is 93.8 cm³/mol. The Kier molecular flexibility index (Phi) is 4.82. The fourth-order valence-electron chi connectivity index (χ4n) is 2.70. The molecule has 0 radical (unpaired) electrons. The van der Waals surface area contributed by atoms with Crippen molar-refractivity contribution in [1.82, 2.24) is 9.88 Å². The number of hydrogen-bond acceptors (Lipinski definition) is 5. The van der Waals surface area contributed by atoms with Gasteiger partial charge in [0.1, 0.15) is 0 Å². The molecule has 0 spiro atoms. The van der Waals surface area contributed by atoms with Crippen LogP contribution in [0.2, 0.25) is 5.02 Å². The Labute approximate surface area is 143 Å². The van der Waals surface area contributed by atoms with Gasteiger partial charge in [-0.2, -0.15) is 0 Å². The van der Waals surface area contributed by atoms with Gasteiger partial charge in [-0.25, -0.2) is 4.98 Å². The van der Waals surface area contributed by atoms with E-state index >= 15 is 0 Å². The summed E-state index contributed by atoms with van der Waals surface area (Å²) in [5.74, 6) is -0.0920. The molecule has 1 atom stereocenters. The van der Waals surface area contributed by atoms with Crippen molar-refractivity contribution >= 4 is 45.3 Å². The third-order valence-electron chi connectivity index (χ3n) is 3.82. The number of carbonyl (C=O) groups excluding carboxylic acids is 1. The van der Waals surface area contributed by atoms with Gasteiger partial charge in [0, 0.05) is 29.8 Å². The summed E-state index contributed by atoms with van der Waals surface area (Å²) in [6.45, 7) is 5.78. The molecular weight excluding hydrogens is 338 g/mol. The predicted octanol–water partition coefficient (Wildman–Crippen LogP) is 4.47. The van der Waals surface area contributed by atoms with E-state index in [9.17, 15) is 4.79 Å². The molecule has 3 heterocycles. The summed E-state index contributed by atoms with van der Waals surface area (Å²) in [5.41, 5.74) is 0.949. The molecule has 1 aliphatic rings. The topological polar surface area (TPSA) is 45.2 Å². The fraction of sp³-hybridized carbons (Fsp3) is 0.467. The standard InChI is InChI=1S/C15H18ClN3OS2/c1-9-4-3-5-19(9)7-13-14(12-6-11(16)8-21-12)18-15(22-13)17-10(2)20/h6,8-9H,3-5,7H2,1-2H3,(H,17,18,20). The smallest absolute Gasteiger partial charge is 0.223 e. The minimum Gasteiger partial charge on any atom is -0.302 e. The first-order valence-corrected chi connectivity index (χ1v) is 9.36. The molecule has 1 unspecified atom stereocenters. The third kappa shape index (κ3) is 3.51. The highest BCUT2D eigenvalue weighted by atomic mass is 35.5. The van der Waals surface area contributed by atoms with E-state index in [0.717, 1.165) is 28.7 Å². The number of nitrogens with zero attached hydrogens (tertiary/aromatic N) is 2. The van der Waals surface area contributed by atoms with Gasteiger partial charge in [0.05, 0.1) is 15.6 Å². The van der Waals surface area contributed by atoms with E-state index in [1.54, 1.807) is 22.7 Å². The fourth-order valence-corrected chi connectivity index (χ4v) is 4.91. The monoisotopic (exact) mass is 355 g/mol. The van der Waals surface area contributed by atoms with Gasteiger partial charge in [-0.3, -0.25) is 9.69 Å². The molecule has 2 aromatic heterocycles. The van der Waals surface area contributed by atoms with Gasteiger partial charge in [-0.1, -0.05) is 22.9 Å². The number of amides is 1. The molecule has 1 fully saturated rings. The molecule has 118 valence electrons. The first-order chi connectivity index (χ1) is 10.5. The highest BCUT2D eigenvalue weighted by Crippen LogP contribution is 2.37. The number of thiophene rings is 1. The summed E-state index contributed by atoms with van der Waals surface area (Å²) >= 11 is 9.20. The number of rotatable bonds is 4. The second-order valence-electron chi connectivity index (χ2n) is 5.56. The number of halogens is 1. The van der Waals surface area contributed by atoms with Gasteiger partial charge in [0.2, 0.25) is 5.91 Å². The lowest BCUT2D eigenvalue weighted by molar-refractivity contribution is -0.114. The van der Waals surface area contributed by atoms with Crippen LogP contribution in [0.5, 0.6) is 0 Å². The van der Waals surface area contributed by atoms with Crippen LogP contribution >= 0.6 is 34.3 Å². The van der Waals surface area contributed by atoms with Crippen molar-refractivity contribution in [3.05, 3.63) is 21.3 Å². The van der Waals surface area contributed by atoms with Crippen molar-refractivity contribution < 1.29 is 4.79 Å². The van der Waals surface area contributed by atoms with E-state index in [-0.39, 0.29) is 5.91 Å². The molecule has 0 aromatic carbocycles. The van der Waals surface area contributed by atoms with E-state index in [1.807, 2.05) is 11.4 Å². The minimum absolute atomic E-state index is 0.0920. The first-order valence-electron chi connectivity index (χ1n) is 7.28. The maximum atomic E-state index is 11.3. The molecule has 0 bridgehead atoms. The zero-order chi connectivity index (χ0) is 15.7. The van der Waals surface area contributed by atoms with Gasteiger partial charge in [0.25, 0.3) is 0 Å². The molecule has 22 heavy (non-hydrogen) atoms. The van der Waals surface area contributed by atoms with Crippen LogP contribution in [0.1, 0.15) is 31.6 Å². The van der Waals surface area contributed by atoms with E-state index in [2.05, 4.69) is 22.1 Å². The van der Waals surface area contributed by atoms with Crippen LogP contribution < -0.4 is 5.32 Å². The van der Waals surface area contributed by atoms with Gasteiger partial charge in [-0.05, 0) is 32.4 Å². The Morgan fingerprint density at radius 1 is 1.59 bits per heavy atom. The highest BCUT2D eigenvalue weighted by molar-refractivity contribution is 7.17. The Balaban J connectivity index is 1.91. The van der Waals surface area contributed by atoms with Gasteiger partial charge < -0.3 is 5.32 Å². The quantitative estimate of drug-likeness (QED) is 0.880. The number of likely N-dealkylation sites (tertiary alicyclic amines) is 1. The Morgan fingerprint density at radius 3 is 3.00 bits per heavy atom. The molecule has 1 N–H and O–H groups in total. The maximum Gasteiger partial charge on any atom is 0.223 e. The van der Waals surface area contributed by atoms with Crippen molar-refractivity contribution in [2.45, 2.75) is 39.3 Å². The molecule has 7 heteroatoms. The average molecular weight is 356 g/mol. The molecule has 0 aliphatic carbocycles. The van der Waals surface area contributed by atoms with Crippen molar-refractivity contribution in [3.63, 3.8) is 0 Å². The number of hydrogen-bond donors (Lipinski definition) is 1. The van der Waals surface area contributed by atoms with Crippen molar-refractivity contribution in [3.8, 4) is 10.6 Å². The molecular formula is C15H18ClN3OS2. The number of nitrogens with one attached hydrogen (secondary N) is 1. The van der Waals surface area contributed by atoms with E-state index in [1.165, 1.54) is 24.6 Å². The second kappa shape index (κ2) is 6.66. The Bertz CT molecular complexity index is 682. The second-order valence-corrected chi connectivity index (χ2v) is 7.99. The number of aromatic nitrogens is 1. The van der Waals surface area contributed by atoms with Crippen molar-refractivity contribution in [2.24, 2.45) is 0 Å². The number of thiazole rings is 1. The van der Waals surface area contributed by atoms with Crippen LogP contribution in [0.4, 0.5) is 5.13 Å². The van der Waals surface area contributed by atoms with Crippen molar-refractivity contribution in [1.29, 1.82) is 0 Å². The van der Waals surface area contributed by atoms with Crippen LogP contribution in [0.3, 0.4) is 0 Å². The van der Waals surface area contributed by atoms with E-state index in [0.29, 0.717) is 11.2 Å². The van der Waals surface area contributed by atoms with Gasteiger partial charge in [-0.15, -0.1) is 11.3 Å². The summed E-state index contributed by atoms with van der Waals surface area (Å²) in [6.07, 6.45) is 2.50. The van der Waals surface area contributed by atoms with Crippen LogP contribution in [-0.2, 0) is 11.3 Å². The molecule has 1 saturated heterocycles.